The average molecular weight is 400 g/mol. The fourth-order valence-corrected chi connectivity index (χ4v) is 3.84. The van der Waals surface area contributed by atoms with Crippen molar-refractivity contribution in [3.8, 4) is 0 Å². The molecule has 1 aliphatic heterocycles. The van der Waals surface area contributed by atoms with Gasteiger partial charge in [-0.15, -0.1) is 0 Å². The molecule has 144 valence electrons. The van der Waals surface area contributed by atoms with E-state index in [9.17, 15) is 27.0 Å². The fraction of sp³-hybridized carbons (Fsp3) is 0.294. The van der Waals surface area contributed by atoms with Crippen LogP contribution in [-0.2, 0) is 15.6 Å². The van der Waals surface area contributed by atoms with Crippen molar-refractivity contribution in [2.24, 2.45) is 0 Å². The second kappa shape index (κ2) is 7.95. The third kappa shape index (κ3) is 4.21. The summed E-state index contributed by atoms with van der Waals surface area (Å²) in [6, 6.07) is 3.96. The number of carbonyl (C=O) groups excluding carboxylic acids is 2. The molecule has 2 heterocycles. The first-order valence-electron chi connectivity index (χ1n) is 8.00. The van der Waals surface area contributed by atoms with Crippen LogP contribution in [0.4, 0.5) is 13.2 Å². The average Bonchev–Trinajstić information content (AvgIpc) is 3.15. The lowest BCUT2D eigenvalue weighted by molar-refractivity contribution is -0.129. The van der Waals surface area contributed by atoms with Gasteiger partial charge in [-0.3, -0.25) is 13.8 Å². The molecule has 6 nitrogen and oxygen atoms in total. The molecule has 1 aromatic heterocycles. The van der Waals surface area contributed by atoms with Crippen LogP contribution in [0.1, 0.15) is 10.6 Å². The van der Waals surface area contributed by atoms with E-state index >= 15 is 0 Å². The van der Waals surface area contributed by atoms with Crippen molar-refractivity contribution in [3.05, 3.63) is 53.7 Å². The molecular formula is C17H15F3N2O4S. The SMILES string of the molecule is O=C(CS(=O)c1c(F)cc(F)cc1F)N1CCN(C(=O)c2ccco2)CC1. The van der Waals surface area contributed by atoms with E-state index in [2.05, 4.69) is 0 Å². The van der Waals surface area contributed by atoms with Gasteiger partial charge >= 0.3 is 0 Å². The molecule has 0 bridgehead atoms. The number of furan rings is 1. The Morgan fingerprint density at radius 2 is 1.63 bits per heavy atom. The van der Waals surface area contributed by atoms with Crippen molar-refractivity contribution >= 4 is 22.6 Å². The molecule has 27 heavy (non-hydrogen) atoms. The van der Waals surface area contributed by atoms with Gasteiger partial charge in [0.05, 0.1) is 17.1 Å². The molecule has 0 aliphatic carbocycles. The van der Waals surface area contributed by atoms with Crippen molar-refractivity contribution in [2.45, 2.75) is 4.90 Å². The van der Waals surface area contributed by atoms with Crippen molar-refractivity contribution in [3.63, 3.8) is 0 Å². The van der Waals surface area contributed by atoms with Gasteiger partial charge in [0.1, 0.15) is 28.1 Å². The van der Waals surface area contributed by atoms with Gasteiger partial charge in [-0.2, -0.15) is 0 Å². The summed E-state index contributed by atoms with van der Waals surface area (Å²) in [5.41, 5.74) is 0. The van der Waals surface area contributed by atoms with Crippen LogP contribution in [0.15, 0.2) is 39.8 Å². The first-order valence-corrected chi connectivity index (χ1v) is 9.32. The first-order chi connectivity index (χ1) is 12.9. The van der Waals surface area contributed by atoms with Crippen LogP contribution < -0.4 is 0 Å². The number of piperazine rings is 1. The highest BCUT2D eigenvalue weighted by Gasteiger charge is 2.28. The minimum Gasteiger partial charge on any atom is -0.459 e. The molecule has 1 atom stereocenters. The lowest BCUT2D eigenvalue weighted by Crippen LogP contribution is -2.51. The molecule has 0 N–H and O–H groups in total. The molecule has 3 rings (SSSR count). The number of hydrogen-bond acceptors (Lipinski definition) is 4. The number of amides is 2. The van der Waals surface area contributed by atoms with Crippen LogP contribution >= 0.6 is 0 Å². The maximum absolute atomic E-state index is 13.7. The highest BCUT2D eigenvalue weighted by molar-refractivity contribution is 7.85. The molecule has 1 unspecified atom stereocenters. The van der Waals surface area contributed by atoms with Crippen LogP contribution in [0.3, 0.4) is 0 Å². The minimum absolute atomic E-state index is 0.191. The predicted molar refractivity (Wildman–Crippen MR) is 88.8 cm³/mol. The molecule has 10 heteroatoms. The van der Waals surface area contributed by atoms with Gasteiger partial charge < -0.3 is 14.2 Å². The summed E-state index contributed by atoms with van der Waals surface area (Å²) in [6.07, 6.45) is 1.38. The van der Waals surface area contributed by atoms with Crippen molar-refractivity contribution in [1.29, 1.82) is 0 Å². The van der Waals surface area contributed by atoms with E-state index in [4.69, 9.17) is 4.42 Å². The molecule has 0 radical (unpaired) electrons. The summed E-state index contributed by atoms with van der Waals surface area (Å²) in [4.78, 5) is 26.5. The predicted octanol–water partition coefficient (Wildman–Crippen LogP) is 1.79. The quantitative estimate of drug-likeness (QED) is 0.785. The van der Waals surface area contributed by atoms with Gasteiger partial charge in [-0.05, 0) is 12.1 Å². The van der Waals surface area contributed by atoms with Gasteiger partial charge in [-0.1, -0.05) is 0 Å². The standard InChI is InChI=1S/C17H15F3N2O4S/c18-11-8-12(19)16(13(20)9-11)27(25)10-15(23)21-3-5-22(6-4-21)17(24)14-2-1-7-26-14/h1-2,7-9H,3-6,10H2. The zero-order valence-electron chi connectivity index (χ0n) is 14.0. The maximum atomic E-state index is 13.7. The van der Waals surface area contributed by atoms with Gasteiger partial charge in [0.2, 0.25) is 5.91 Å². The van der Waals surface area contributed by atoms with Crippen molar-refractivity contribution in [2.75, 3.05) is 31.9 Å². The van der Waals surface area contributed by atoms with Crippen LogP contribution in [0.25, 0.3) is 0 Å². The van der Waals surface area contributed by atoms with Crippen LogP contribution in [-0.4, -0.2) is 57.8 Å². The largest absolute Gasteiger partial charge is 0.459 e. The second-order valence-electron chi connectivity index (χ2n) is 5.84. The summed E-state index contributed by atoms with van der Waals surface area (Å²) in [6.45, 7) is 0.877. The Hall–Kier alpha value is -2.62. The normalized spacial score (nSPS) is 15.7. The molecule has 1 aliphatic rings. The van der Waals surface area contributed by atoms with E-state index in [1.807, 2.05) is 0 Å². The van der Waals surface area contributed by atoms with Crippen LogP contribution in [0, 0.1) is 17.5 Å². The highest BCUT2D eigenvalue weighted by Crippen LogP contribution is 2.19. The molecule has 1 saturated heterocycles. The third-order valence-electron chi connectivity index (χ3n) is 4.10. The Labute approximate surface area is 155 Å². The highest BCUT2D eigenvalue weighted by atomic mass is 32.2. The van der Waals surface area contributed by atoms with E-state index in [0.29, 0.717) is 12.1 Å². The molecule has 1 aromatic carbocycles. The fourth-order valence-electron chi connectivity index (χ4n) is 2.74. The van der Waals surface area contributed by atoms with Crippen molar-refractivity contribution < 1.29 is 31.4 Å². The second-order valence-corrected chi connectivity index (χ2v) is 7.23. The number of benzene rings is 1. The van der Waals surface area contributed by atoms with Gasteiger partial charge in [0, 0.05) is 38.3 Å². The molecule has 0 spiro atoms. The number of hydrogen-bond donors (Lipinski definition) is 0. The summed E-state index contributed by atoms with van der Waals surface area (Å²) < 4.78 is 57.5. The Kier molecular flexibility index (Phi) is 5.64. The molecular weight excluding hydrogens is 385 g/mol. The van der Waals surface area contributed by atoms with E-state index < -0.39 is 44.8 Å². The summed E-state index contributed by atoms with van der Waals surface area (Å²) in [5, 5.41) is 0. The topological polar surface area (TPSA) is 70.8 Å². The number of rotatable bonds is 4. The zero-order chi connectivity index (χ0) is 19.6. The Bertz CT molecular complexity index is 857. The van der Waals surface area contributed by atoms with Gasteiger partial charge in [0.15, 0.2) is 5.76 Å². The Balaban J connectivity index is 1.58. The number of nitrogens with zero attached hydrogens (tertiary/aromatic N) is 2. The molecule has 1 fully saturated rings. The first kappa shape index (κ1) is 19.2. The summed E-state index contributed by atoms with van der Waals surface area (Å²) in [5.74, 6) is -5.04. The maximum Gasteiger partial charge on any atom is 0.289 e. The summed E-state index contributed by atoms with van der Waals surface area (Å²) in [7, 11) is -2.29. The van der Waals surface area contributed by atoms with Crippen molar-refractivity contribution in [1.82, 2.24) is 9.80 Å². The van der Waals surface area contributed by atoms with E-state index in [1.165, 1.54) is 22.1 Å². The number of halogens is 3. The molecule has 2 amide bonds. The van der Waals surface area contributed by atoms with Crippen LogP contribution in [0.2, 0.25) is 0 Å². The smallest absolute Gasteiger partial charge is 0.289 e. The Morgan fingerprint density at radius 3 is 2.19 bits per heavy atom. The number of carbonyl (C=O) groups is 2. The van der Waals surface area contributed by atoms with Gasteiger partial charge in [-0.25, -0.2) is 13.2 Å². The lowest BCUT2D eigenvalue weighted by atomic mass is 10.3. The van der Waals surface area contributed by atoms with E-state index in [1.54, 1.807) is 6.07 Å². The monoisotopic (exact) mass is 400 g/mol. The zero-order valence-corrected chi connectivity index (χ0v) is 14.8. The molecule has 2 aromatic rings. The minimum atomic E-state index is -2.29. The van der Waals surface area contributed by atoms with E-state index in [0.717, 1.165) is 0 Å². The summed E-state index contributed by atoms with van der Waals surface area (Å²) >= 11 is 0. The Morgan fingerprint density at radius 1 is 1.04 bits per heavy atom. The molecule has 0 saturated carbocycles. The van der Waals surface area contributed by atoms with Gasteiger partial charge in [0.25, 0.3) is 5.91 Å². The lowest BCUT2D eigenvalue weighted by Gasteiger charge is -2.34. The van der Waals surface area contributed by atoms with E-state index in [-0.39, 0.29) is 37.8 Å². The third-order valence-corrected chi connectivity index (χ3v) is 5.45. The van der Waals surface area contributed by atoms with Crippen LogP contribution in [0.5, 0.6) is 0 Å².